The maximum atomic E-state index is 6.21. The van der Waals surface area contributed by atoms with Crippen LogP contribution in [0.3, 0.4) is 0 Å². The Morgan fingerprint density at radius 3 is 2.50 bits per heavy atom. The highest BCUT2D eigenvalue weighted by molar-refractivity contribution is 6.31. The van der Waals surface area contributed by atoms with Gasteiger partial charge in [0.2, 0.25) is 0 Å². The van der Waals surface area contributed by atoms with Crippen LogP contribution < -0.4 is 0 Å². The van der Waals surface area contributed by atoms with Gasteiger partial charge in [0.1, 0.15) is 0 Å². The molecule has 2 aromatic rings. The molecule has 1 aromatic heterocycles. The molecule has 2 nitrogen and oxygen atoms in total. The highest BCUT2D eigenvalue weighted by Crippen LogP contribution is 2.32. The van der Waals surface area contributed by atoms with Crippen molar-refractivity contribution in [3.05, 3.63) is 41.0 Å². The Bertz CT molecular complexity index is 481. The molecule has 0 aliphatic heterocycles. The van der Waals surface area contributed by atoms with Crippen molar-refractivity contribution >= 4 is 11.6 Å². The smallest absolute Gasteiger partial charge is 0.0920 e. The van der Waals surface area contributed by atoms with E-state index < -0.39 is 0 Å². The predicted octanol–water partition coefficient (Wildman–Crippen LogP) is 4.03. The van der Waals surface area contributed by atoms with Gasteiger partial charge in [-0.1, -0.05) is 38.4 Å². The minimum Gasteiger partial charge on any atom is -0.285 e. The number of H-pyrrole nitrogens is 1. The van der Waals surface area contributed by atoms with E-state index in [1.165, 1.54) is 0 Å². The molecule has 0 saturated carbocycles. The zero-order valence-corrected chi connectivity index (χ0v) is 10.5. The Kier molecular flexibility index (Phi) is 2.76. The molecule has 16 heavy (non-hydrogen) atoms. The van der Waals surface area contributed by atoms with Gasteiger partial charge in [0.25, 0.3) is 0 Å². The molecule has 1 heterocycles. The minimum absolute atomic E-state index is 0.0450. The first-order valence-electron chi connectivity index (χ1n) is 5.28. The predicted molar refractivity (Wildman–Crippen MR) is 67.7 cm³/mol. The summed E-state index contributed by atoms with van der Waals surface area (Å²) in [5.41, 5.74) is 3.23. The first-order valence-corrected chi connectivity index (χ1v) is 5.66. The fourth-order valence-electron chi connectivity index (χ4n) is 1.68. The molecule has 2 rings (SSSR count). The second-order valence-electron chi connectivity index (χ2n) is 4.90. The third-order valence-corrected chi connectivity index (χ3v) is 2.90. The summed E-state index contributed by atoms with van der Waals surface area (Å²) in [5, 5.41) is 7.80. The fourth-order valence-corrected chi connectivity index (χ4v) is 2.08. The second kappa shape index (κ2) is 3.95. The van der Waals surface area contributed by atoms with Crippen LogP contribution in [0.4, 0.5) is 0 Å². The molecule has 0 amide bonds. The normalized spacial score (nSPS) is 11.8. The SMILES string of the molecule is CC(C)(C)c1cc(-c2cc[nH]n2)ccc1Cl. The molecule has 0 aliphatic carbocycles. The summed E-state index contributed by atoms with van der Waals surface area (Å²) in [7, 11) is 0. The van der Waals surface area contributed by atoms with E-state index in [1.54, 1.807) is 0 Å². The largest absolute Gasteiger partial charge is 0.285 e. The van der Waals surface area contributed by atoms with E-state index in [0.717, 1.165) is 21.8 Å². The number of aromatic amines is 1. The topological polar surface area (TPSA) is 28.7 Å². The molecule has 0 saturated heterocycles. The number of rotatable bonds is 1. The molecule has 0 unspecified atom stereocenters. The van der Waals surface area contributed by atoms with Crippen LogP contribution in [0.25, 0.3) is 11.3 Å². The maximum absolute atomic E-state index is 6.21. The van der Waals surface area contributed by atoms with E-state index in [0.29, 0.717) is 0 Å². The van der Waals surface area contributed by atoms with Crippen molar-refractivity contribution in [1.82, 2.24) is 10.2 Å². The van der Waals surface area contributed by atoms with E-state index in [2.05, 4.69) is 37.0 Å². The number of aromatic nitrogens is 2. The quantitative estimate of drug-likeness (QED) is 0.793. The fraction of sp³-hybridized carbons (Fsp3) is 0.308. The average molecular weight is 235 g/mol. The van der Waals surface area contributed by atoms with Crippen LogP contribution in [0, 0.1) is 0 Å². The van der Waals surface area contributed by atoms with Gasteiger partial charge in [-0.25, -0.2) is 0 Å². The number of halogens is 1. The molecule has 3 heteroatoms. The summed E-state index contributed by atoms with van der Waals surface area (Å²) in [6, 6.07) is 7.99. The molecule has 0 bridgehead atoms. The Balaban J connectivity index is 2.52. The van der Waals surface area contributed by atoms with Crippen molar-refractivity contribution in [3.8, 4) is 11.3 Å². The van der Waals surface area contributed by atoms with E-state index >= 15 is 0 Å². The molecule has 0 spiro atoms. The van der Waals surface area contributed by atoms with Gasteiger partial charge < -0.3 is 0 Å². The third kappa shape index (κ3) is 2.12. The Hall–Kier alpha value is -1.28. The van der Waals surface area contributed by atoms with Gasteiger partial charge in [0, 0.05) is 16.8 Å². The summed E-state index contributed by atoms with van der Waals surface area (Å²) >= 11 is 6.21. The summed E-state index contributed by atoms with van der Waals surface area (Å²) in [5.74, 6) is 0. The van der Waals surface area contributed by atoms with Crippen LogP contribution in [-0.2, 0) is 5.41 Å². The van der Waals surface area contributed by atoms with Crippen LogP contribution in [-0.4, -0.2) is 10.2 Å². The van der Waals surface area contributed by atoms with Gasteiger partial charge in [0.15, 0.2) is 0 Å². The second-order valence-corrected chi connectivity index (χ2v) is 5.31. The molecule has 1 aromatic carbocycles. The molecular formula is C13H15ClN2. The zero-order chi connectivity index (χ0) is 11.8. The zero-order valence-electron chi connectivity index (χ0n) is 9.71. The van der Waals surface area contributed by atoms with Gasteiger partial charge in [-0.05, 0) is 29.2 Å². The van der Waals surface area contributed by atoms with Crippen molar-refractivity contribution in [2.24, 2.45) is 0 Å². The monoisotopic (exact) mass is 234 g/mol. The summed E-state index contributed by atoms with van der Waals surface area (Å²) in [4.78, 5) is 0. The lowest BCUT2D eigenvalue weighted by Crippen LogP contribution is -2.11. The Morgan fingerprint density at radius 1 is 1.19 bits per heavy atom. The van der Waals surface area contributed by atoms with E-state index in [4.69, 9.17) is 11.6 Å². The lowest BCUT2D eigenvalue weighted by Gasteiger charge is -2.21. The van der Waals surface area contributed by atoms with Crippen LogP contribution >= 0.6 is 11.6 Å². The number of hydrogen-bond donors (Lipinski definition) is 1. The van der Waals surface area contributed by atoms with Crippen molar-refractivity contribution in [1.29, 1.82) is 0 Å². The molecule has 0 fully saturated rings. The standard InChI is InChI=1S/C13H15ClN2/c1-13(2,3)10-8-9(4-5-11(10)14)12-6-7-15-16-12/h4-8H,1-3H3,(H,15,16). The van der Waals surface area contributed by atoms with Crippen LogP contribution in [0.1, 0.15) is 26.3 Å². The van der Waals surface area contributed by atoms with Gasteiger partial charge in [-0.2, -0.15) is 5.10 Å². The van der Waals surface area contributed by atoms with Gasteiger partial charge in [-0.15, -0.1) is 0 Å². The molecule has 0 atom stereocenters. The Labute approximate surface area is 101 Å². The van der Waals surface area contributed by atoms with Crippen molar-refractivity contribution in [2.45, 2.75) is 26.2 Å². The van der Waals surface area contributed by atoms with Gasteiger partial charge in [-0.3, -0.25) is 5.10 Å². The highest BCUT2D eigenvalue weighted by atomic mass is 35.5. The van der Waals surface area contributed by atoms with Crippen LogP contribution in [0.2, 0.25) is 5.02 Å². The number of benzene rings is 1. The van der Waals surface area contributed by atoms with E-state index in [-0.39, 0.29) is 5.41 Å². The number of hydrogen-bond acceptors (Lipinski definition) is 1. The molecule has 0 radical (unpaired) electrons. The van der Waals surface area contributed by atoms with Gasteiger partial charge >= 0.3 is 0 Å². The van der Waals surface area contributed by atoms with E-state index in [1.807, 2.05) is 24.4 Å². The molecule has 84 valence electrons. The highest BCUT2D eigenvalue weighted by Gasteiger charge is 2.18. The summed E-state index contributed by atoms with van der Waals surface area (Å²) in [6.07, 6.45) is 1.82. The average Bonchev–Trinajstić information content (AvgIpc) is 2.69. The lowest BCUT2D eigenvalue weighted by molar-refractivity contribution is 0.591. The Morgan fingerprint density at radius 2 is 1.94 bits per heavy atom. The first kappa shape index (κ1) is 11.2. The number of nitrogens with one attached hydrogen (secondary N) is 1. The summed E-state index contributed by atoms with van der Waals surface area (Å²) < 4.78 is 0. The first-order chi connectivity index (χ1) is 7.48. The molecule has 0 aliphatic rings. The maximum Gasteiger partial charge on any atom is 0.0920 e. The van der Waals surface area contributed by atoms with Crippen molar-refractivity contribution in [3.63, 3.8) is 0 Å². The van der Waals surface area contributed by atoms with Crippen LogP contribution in [0.5, 0.6) is 0 Å². The van der Waals surface area contributed by atoms with Crippen LogP contribution in [0.15, 0.2) is 30.5 Å². The third-order valence-electron chi connectivity index (χ3n) is 2.57. The van der Waals surface area contributed by atoms with Crippen molar-refractivity contribution < 1.29 is 0 Å². The molecular weight excluding hydrogens is 220 g/mol. The van der Waals surface area contributed by atoms with Gasteiger partial charge in [0.05, 0.1) is 5.69 Å². The van der Waals surface area contributed by atoms with E-state index in [9.17, 15) is 0 Å². The minimum atomic E-state index is 0.0450. The number of nitrogens with zero attached hydrogens (tertiary/aromatic N) is 1. The molecule has 1 N–H and O–H groups in total. The van der Waals surface area contributed by atoms with Crippen molar-refractivity contribution in [2.75, 3.05) is 0 Å². The lowest BCUT2D eigenvalue weighted by atomic mass is 9.86. The summed E-state index contributed by atoms with van der Waals surface area (Å²) in [6.45, 7) is 6.47.